The molecule has 7 heteroatoms. The molecule has 0 aliphatic heterocycles. The van der Waals surface area contributed by atoms with Gasteiger partial charge in [0.05, 0.1) is 59.5 Å². The van der Waals surface area contributed by atoms with Gasteiger partial charge in [0.1, 0.15) is 12.4 Å². The van der Waals surface area contributed by atoms with Gasteiger partial charge in [-0.2, -0.15) is 0 Å². The molecule has 0 saturated heterocycles. The summed E-state index contributed by atoms with van der Waals surface area (Å²) in [4.78, 5) is 0. The molecule has 1 aromatic carbocycles. The Kier molecular flexibility index (Phi) is 23.2. The average Bonchev–Trinajstić information content (AvgIpc) is 2.87. The number of hydrogen-bond acceptors (Lipinski definition) is 7. The summed E-state index contributed by atoms with van der Waals surface area (Å²) in [7, 11) is 0. The number of anilines is 1. The van der Waals surface area contributed by atoms with Crippen LogP contribution in [-0.2, 0) is 23.7 Å². The molecule has 1 aromatic rings. The minimum atomic E-state index is 0.497. The molecule has 0 spiro atoms. The van der Waals surface area contributed by atoms with Crippen molar-refractivity contribution in [3.05, 3.63) is 24.3 Å². The molecule has 7 nitrogen and oxygen atoms in total. The number of ether oxygens (including phenoxy) is 6. The Morgan fingerprint density at radius 3 is 1.29 bits per heavy atom. The highest BCUT2D eigenvalue weighted by Crippen LogP contribution is 2.13. The third-order valence-corrected chi connectivity index (χ3v) is 5.51. The predicted molar refractivity (Wildman–Crippen MR) is 142 cm³/mol. The van der Waals surface area contributed by atoms with Crippen molar-refractivity contribution in [2.24, 2.45) is 0 Å². The van der Waals surface area contributed by atoms with Crippen molar-refractivity contribution in [1.29, 1.82) is 0 Å². The van der Waals surface area contributed by atoms with Crippen LogP contribution in [0.15, 0.2) is 24.3 Å². The zero-order valence-corrected chi connectivity index (χ0v) is 22.2. The lowest BCUT2D eigenvalue weighted by Crippen LogP contribution is -2.14. The first-order valence-electron chi connectivity index (χ1n) is 13.7. The van der Waals surface area contributed by atoms with Gasteiger partial charge in [0, 0.05) is 12.3 Å². The van der Waals surface area contributed by atoms with Crippen LogP contribution in [0, 0.1) is 0 Å². The molecule has 0 aliphatic rings. The summed E-state index contributed by atoms with van der Waals surface area (Å²) in [5.74, 6) is 0.789. The van der Waals surface area contributed by atoms with Crippen LogP contribution in [0.2, 0.25) is 0 Å². The Labute approximate surface area is 213 Å². The van der Waals surface area contributed by atoms with Gasteiger partial charge < -0.3 is 34.2 Å². The number of nitrogen functional groups attached to an aromatic ring is 1. The van der Waals surface area contributed by atoms with Gasteiger partial charge in [0.15, 0.2) is 0 Å². The van der Waals surface area contributed by atoms with E-state index in [9.17, 15) is 0 Å². The summed E-state index contributed by atoms with van der Waals surface area (Å²) in [5, 5.41) is 0. The van der Waals surface area contributed by atoms with E-state index >= 15 is 0 Å². The quantitative estimate of drug-likeness (QED) is 0.124. The largest absolute Gasteiger partial charge is 0.491 e. The zero-order valence-electron chi connectivity index (χ0n) is 22.2. The molecule has 35 heavy (non-hydrogen) atoms. The van der Waals surface area contributed by atoms with E-state index in [4.69, 9.17) is 34.2 Å². The second-order valence-corrected chi connectivity index (χ2v) is 8.66. The summed E-state index contributed by atoms with van der Waals surface area (Å²) in [6.45, 7) is 8.74. The van der Waals surface area contributed by atoms with Crippen LogP contribution in [0.5, 0.6) is 5.75 Å². The SMILES string of the molecule is CCCCCCCCCCCCOCCOCCOCCOCCOCCOc1ccc(N)cc1. The van der Waals surface area contributed by atoms with Gasteiger partial charge in [-0.1, -0.05) is 64.7 Å². The molecule has 0 heterocycles. The van der Waals surface area contributed by atoms with Gasteiger partial charge in [0.25, 0.3) is 0 Å². The second kappa shape index (κ2) is 25.7. The number of hydrogen-bond donors (Lipinski definition) is 1. The summed E-state index contributed by atoms with van der Waals surface area (Å²) < 4.78 is 33.2. The normalized spacial score (nSPS) is 11.2. The first kappa shape index (κ1) is 31.6. The van der Waals surface area contributed by atoms with Gasteiger partial charge in [-0.3, -0.25) is 0 Å². The molecule has 0 amide bonds. The third kappa shape index (κ3) is 22.8. The molecular formula is C28H51NO6. The molecule has 0 unspecified atom stereocenters. The minimum absolute atomic E-state index is 0.497. The molecule has 0 saturated carbocycles. The van der Waals surface area contributed by atoms with Crippen molar-refractivity contribution >= 4 is 5.69 Å². The third-order valence-electron chi connectivity index (χ3n) is 5.51. The highest BCUT2D eigenvalue weighted by atomic mass is 16.6. The first-order valence-corrected chi connectivity index (χ1v) is 13.7. The Morgan fingerprint density at radius 1 is 0.457 bits per heavy atom. The van der Waals surface area contributed by atoms with Crippen molar-refractivity contribution in [3.63, 3.8) is 0 Å². The fourth-order valence-corrected chi connectivity index (χ4v) is 3.46. The van der Waals surface area contributed by atoms with Crippen LogP contribution in [0.4, 0.5) is 5.69 Å². The van der Waals surface area contributed by atoms with Gasteiger partial charge >= 0.3 is 0 Å². The van der Waals surface area contributed by atoms with Crippen LogP contribution in [0.25, 0.3) is 0 Å². The molecule has 204 valence electrons. The topological polar surface area (TPSA) is 81.4 Å². The van der Waals surface area contributed by atoms with Crippen molar-refractivity contribution in [2.75, 3.05) is 78.4 Å². The van der Waals surface area contributed by atoms with Gasteiger partial charge in [0.2, 0.25) is 0 Å². The molecule has 0 aromatic heterocycles. The Bertz CT molecular complexity index is 543. The highest BCUT2D eigenvalue weighted by molar-refractivity contribution is 5.41. The van der Waals surface area contributed by atoms with E-state index in [1.807, 2.05) is 24.3 Å². The highest BCUT2D eigenvalue weighted by Gasteiger charge is 1.96. The van der Waals surface area contributed by atoms with E-state index in [-0.39, 0.29) is 0 Å². The minimum Gasteiger partial charge on any atom is -0.491 e. The van der Waals surface area contributed by atoms with E-state index in [1.54, 1.807) is 0 Å². The lowest BCUT2D eigenvalue weighted by atomic mass is 10.1. The molecule has 0 atom stereocenters. The van der Waals surface area contributed by atoms with Crippen LogP contribution >= 0.6 is 0 Å². The van der Waals surface area contributed by atoms with E-state index in [0.29, 0.717) is 66.1 Å². The van der Waals surface area contributed by atoms with E-state index in [2.05, 4.69) is 6.92 Å². The molecule has 2 N–H and O–H groups in total. The van der Waals surface area contributed by atoms with Gasteiger partial charge in [-0.25, -0.2) is 0 Å². The van der Waals surface area contributed by atoms with Crippen LogP contribution < -0.4 is 10.5 Å². The van der Waals surface area contributed by atoms with Gasteiger partial charge in [-0.05, 0) is 30.7 Å². The number of benzene rings is 1. The summed E-state index contributed by atoms with van der Waals surface area (Å²) in [6.07, 6.45) is 13.5. The van der Waals surface area contributed by atoms with E-state index in [0.717, 1.165) is 24.5 Å². The van der Waals surface area contributed by atoms with Crippen molar-refractivity contribution in [2.45, 2.75) is 71.1 Å². The Hall–Kier alpha value is -1.38. The Balaban J connectivity index is 1.65. The van der Waals surface area contributed by atoms with Crippen molar-refractivity contribution in [3.8, 4) is 5.75 Å². The monoisotopic (exact) mass is 497 g/mol. The number of unbranched alkanes of at least 4 members (excludes halogenated alkanes) is 9. The summed E-state index contributed by atoms with van der Waals surface area (Å²) in [6, 6.07) is 7.31. The molecule has 0 aliphatic carbocycles. The predicted octanol–water partition coefficient (Wildman–Crippen LogP) is 5.65. The maximum atomic E-state index is 5.64. The standard InChI is InChI=1S/C28H51NO6/c1-2-3-4-5-6-7-8-9-10-11-16-30-17-18-31-19-20-32-21-22-33-23-24-34-25-26-35-28-14-12-27(29)13-15-28/h12-15H,2-11,16-26,29H2,1H3. The zero-order chi connectivity index (χ0) is 25.1. The molecule has 0 fully saturated rings. The van der Waals surface area contributed by atoms with Crippen molar-refractivity contribution < 1.29 is 28.4 Å². The molecule has 1 rings (SSSR count). The smallest absolute Gasteiger partial charge is 0.119 e. The van der Waals surface area contributed by atoms with Crippen LogP contribution in [0.3, 0.4) is 0 Å². The lowest BCUT2D eigenvalue weighted by Gasteiger charge is -2.09. The average molecular weight is 498 g/mol. The number of nitrogens with two attached hydrogens (primary N) is 1. The summed E-state index contributed by atoms with van der Waals surface area (Å²) >= 11 is 0. The maximum absolute atomic E-state index is 5.64. The van der Waals surface area contributed by atoms with Crippen molar-refractivity contribution in [1.82, 2.24) is 0 Å². The fraction of sp³-hybridized carbons (Fsp3) is 0.786. The summed E-state index contributed by atoms with van der Waals surface area (Å²) in [5.41, 5.74) is 6.36. The lowest BCUT2D eigenvalue weighted by molar-refractivity contribution is -0.0128. The molecule has 0 radical (unpaired) electrons. The fourth-order valence-electron chi connectivity index (χ4n) is 3.46. The Morgan fingerprint density at radius 2 is 0.829 bits per heavy atom. The van der Waals surface area contributed by atoms with Gasteiger partial charge in [-0.15, -0.1) is 0 Å². The second-order valence-electron chi connectivity index (χ2n) is 8.66. The molecule has 0 bridgehead atoms. The maximum Gasteiger partial charge on any atom is 0.119 e. The van der Waals surface area contributed by atoms with Crippen LogP contribution in [-0.4, -0.2) is 72.7 Å². The van der Waals surface area contributed by atoms with E-state index in [1.165, 1.54) is 57.8 Å². The number of rotatable bonds is 27. The first-order chi connectivity index (χ1) is 17.3. The molecular weight excluding hydrogens is 446 g/mol. The van der Waals surface area contributed by atoms with E-state index < -0.39 is 0 Å². The van der Waals surface area contributed by atoms with Crippen LogP contribution in [0.1, 0.15) is 71.1 Å².